The topological polar surface area (TPSA) is 33.4 Å². The number of thioether (sulfide) groups is 1. The van der Waals surface area contributed by atoms with E-state index in [9.17, 15) is 0 Å². The number of fused-ring (bicyclic) bond motifs is 1. The molecule has 2 aliphatic heterocycles. The molecule has 3 aliphatic rings. The van der Waals surface area contributed by atoms with Crippen LogP contribution in [0.2, 0.25) is 0 Å². The zero-order valence-corrected chi connectivity index (χ0v) is 18.0. The molecule has 2 aromatic heterocycles. The van der Waals surface area contributed by atoms with E-state index in [0.29, 0.717) is 12.1 Å². The fourth-order valence-corrected chi connectivity index (χ4v) is 6.85. The molecule has 4 nitrogen and oxygen atoms in total. The van der Waals surface area contributed by atoms with Gasteiger partial charge < -0.3 is 9.47 Å². The Labute approximate surface area is 172 Å². The Morgan fingerprint density at radius 3 is 2.71 bits per heavy atom. The van der Waals surface area contributed by atoms with Crippen LogP contribution in [0.5, 0.6) is 0 Å². The van der Waals surface area contributed by atoms with Gasteiger partial charge in [-0.25, -0.2) is 0 Å². The monoisotopic (exact) mass is 394 g/mol. The maximum absolute atomic E-state index is 5.19. The van der Waals surface area contributed by atoms with E-state index in [0.717, 1.165) is 11.4 Å². The Bertz CT molecular complexity index is 882. The average Bonchev–Trinajstić information content (AvgIpc) is 3.47. The summed E-state index contributed by atoms with van der Waals surface area (Å²) in [6.07, 6.45) is 8.45. The molecule has 0 aromatic carbocycles. The lowest BCUT2D eigenvalue weighted by atomic mass is 9.95. The van der Waals surface area contributed by atoms with Gasteiger partial charge in [-0.3, -0.25) is 9.98 Å². The second kappa shape index (κ2) is 7.25. The SMILES string of the molecule is CC[C@@H]1CSC2=N[C@H](c3ccccn3)[C@@H](c3cc(C)n(C4CCCC4)c3C)N21. The summed E-state index contributed by atoms with van der Waals surface area (Å²) >= 11 is 1.93. The van der Waals surface area contributed by atoms with Gasteiger partial charge in [0.15, 0.2) is 5.17 Å². The molecular formula is C23H30N4S. The highest BCUT2D eigenvalue weighted by molar-refractivity contribution is 8.14. The fourth-order valence-electron chi connectivity index (χ4n) is 5.51. The van der Waals surface area contributed by atoms with Crippen LogP contribution in [0.1, 0.15) is 79.8 Å². The van der Waals surface area contributed by atoms with Crippen molar-refractivity contribution in [3.63, 3.8) is 0 Å². The first-order valence-corrected chi connectivity index (χ1v) is 11.8. The smallest absolute Gasteiger partial charge is 0.160 e. The van der Waals surface area contributed by atoms with Crippen molar-refractivity contribution in [2.45, 2.75) is 77.0 Å². The van der Waals surface area contributed by atoms with Gasteiger partial charge in [0.25, 0.3) is 0 Å². The molecule has 3 atom stereocenters. The summed E-state index contributed by atoms with van der Waals surface area (Å²) in [6.45, 7) is 6.93. The van der Waals surface area contributed by atoms with Crippen molar-refractivity contribution >= 4 is 16.9 Å². The molecule has 28 heavy (non-hydrogen) atoms. The first-order valence-electron chi connectivity index (χ1n) is 10.8. The number of hydrogen-bond acceptors (Lipinski definition) is 4. The molecule has 5 rings (SSSR count). The minimum atomic E-state index is 0.0931. The van der Waals surface area contributed by atoms with Gasteiger partial charge in [0.05, 0.1) is 11.7 Å². The Kier molecular flexibility index (Phi) is 4.74. The second-order valence-electron chi connectivity index (χ2n) is 8.47. The standard InChI is InChI=1S/C23H30N4S/c1-4-17-14-28-23-25-21(20-11-7-8-12-24-20)22(27(17)23)19-13-15(2)26(16(19)3)18-9-5-6-10-18/h7-8,11-13,17-18,21-22H,4-6,9-10,14H2,1-3H3/t17-,21-,22-/m1/s1. The fraction of sp³-hybridized carbons (Fsp3) is 0.565. The molecule has 0 unspecified atom stereocenters. The molecule has 1 aliphatic carbocycles. The van der Waals surface area contributed by atoms with E-state index >= 15 is 0 Å². The molecule has 1 saturated carbocycles. The van der Waals surface area contributed by atoms with E-state index in [2.05, 4.69) is 48.4 Å². The van der Waals surface area contributed by atoms with E-state index in [-0.39, 0.29) is 12.1 Å². The lowest BCUT2D eigenvalue weighted by Gasteiger charge is -2.32. The van der Waals surface area contributed by atoms with Crippen LogP contribution in [-0.2, 0) is 0 Å². The van der Waals surface area contributed by atoms with Crippen LogP contribution in [-0.4, -0.2) is 31.4 Å². The molecular weight excluding hydrogens is 364 g/mol. The van der Waals surface area contributed by atoms with Gasteiger partial charge in [-0.2, -0.15) is 0 Å². The predicted octanol–water partition coefficient (Wildman–Crippen LogP) is 5.59. The van der Waals surface area contributed by atoms with Crippen molar-refractivity contribution in [2.75, 3.05) is 5.75 Å². The zero-order chi connectivity index (χ0) is 19.3. The van der Waals surface area contributed by atoms with Crippen LogP contribution in [0.25, 0.3) is 0 Å². The number of hydrogen-bond donors (Lipinski definition) is 0. The van der Waals surface area contributed by atoms with E-state index in [1.165, 1.54) is 54.2 Å². The summed E-state index contributed by atoms with van der Waals surface area (Å²) < 4.78 is 2.62. The molecule has 0 bridgehead atoms. The summed E-state index contributed by atoms with van der Waals surface area (Å²) in [5.41, 5.74) is 5.40. The second-order valence-corrected chi connectivity index (χ2v) is 9.46. The van der Waals surface area contributed by atoms with Crippen LogP contribution in [0.3, 0.4) is 0 Å². The number of aryl methyl sites for hydroxylation is 1. The number of rotatable bonds is 4. The Balaban J connectivity index is 1.60. The zero-order valence-electron chi connectivity index (χ0n) is 17.1. The van der Waals surface area contributed by atoms with Crippen molar-refractivity contribution in [3.05, 3.63) is 53.1 Å². The third kappa shape index (κ3) is 2.81. The van der Waals surface area contributed by atoms with Gasteiger partial charge in [-0.1, -0.05) is 37.6 Å². The molecule has 0 N–H and O–H groups in total. The molecule has 4 heterocycles. The molecule has 2 aromatic rings. The maximum atomic E-state index is 5.19. The van der Waals surface area contributed by atoms with Gasteiger partial charge in [0.1, 0.15) is 6.04 Å². The Hall–Kier alpha value is -1.75. The number of aliphatic imine (C=N–C) groups is 1. The third-order valence-corrected chi connectivity index (χ3v) is 7.99. The number of amidine groups is 1. The van der Waals surface area contributed by atoms with E-state index in [1.54, 1.807) is 0 Å². The summed E-state index contributed by atoms with van der Waals surface area (Å²) in [7, 11) is 0. The van der Waals surface area contributed by atoms with Crippen LogP contribution in [0.15, 0.2) is 35.5 Å². The lowest BCUT2D eigenvalue weighted by Crippen LogP contribution is -2.35. The molecule has 0 radical (unpaired) electrons. The van der Waals surface area contributed by atoms with Gasteiger partial charge in [0.2, 0.25) is 0 Å². The number of nitrogens with zero attached hydrogens (tertiary/aromatic N) is 4. The number of aromatic nitrogens is 2. The van der Waals surface area contributed by atoms with Crippen molar-refractivity contribution in [1.82, 2.24) is 14.5 Å². The van der Waals surface area contributed by atoms with E-state index in [4.69, 9.17) is 9.98 Å². The maximum Gasteiger partial charge on any atom is 0.160 e. The van der Waals surface area contributed by atoms with Crippen LogP contribution >= 0.6 is 11.8 Å². The quantitative estimate of drug-likeness (QED) is 0.677. The summed E-state index contributed by atoms with van der Waals surface area (Å²) in [5, 5.41) is 1.22. The highest BCUT2D eigenvalue weighted by Crippen LogP contribution is 2.50. The van der Waals surface area contributed by atoms with Gasteiger partial charge in [-0.15, -0.1) is 0 Å². The molecule has 0 amide bonds. The van der Waals surface area contributed by atoms with Gasteiger partial charge >= 0.3 is 0 Å². The highest BCUT2D eigenvalue weighted by atomic mass is 32.2. The lowest BCUT2D eigenvalue weighted by molar-refractivity contribution is 0.254. The van der Waals surface area contributed by atoms with Crippen LogP contribution in [0, 0.1) is 13.8 Å². The van der Waals surface area contributed by atoms with Crippen LogP contribution in [0.4, 0.5) is 0 Å². The minimum absolute atomic E-state index is 0.0931. The summed E-state index contributed by atoms with van der Waals surface area (Å²) in [5.74, 6) is 1.15. The molecule has 1 saturated heterocycles. The highest BCUT2D eigenvalue weighted by Gasteiger charge is 2.46. The molecule has 148 valence electrons. The third-order valence-electron chi connectivity index (χ3n) is 6.86. The van der Waals surface area contributed by atoms with Crippen molar-refractivity contribution in [3.8, 4) is 0 Å². The van der Waals surface area contributed by atoms with Crippen LogP contribution < -0.4 is 0 Å². The first kappa shape index (κ1) is 18.3. The van der Waals surface area contributed by atoms with Gasteiger partial charge in [-0.05, 0) is 56.9 Å². The first-order chi connectivity index (χ1) is 13.7. The van der Waals surface area contributed by atoms with Gasteiger partial charge in [0, 0.05) is 35.4 Å². The van der Waals surface area contributed by atoms with E-state index < -0.39 is 0 Å². The Morgan fingerprint density at radius 1 is 1.18 bits per heavy atom. The predicted molar refractivity (Wildman–Crippen MR) is 117 cm³/mol. The summed E-state index contributed by atoms with van der Waals surface area (Å²) in [6, 6.07) is 10.3. The molecule has 0 spiro atoms. The van der Waals surface area contributed by atoms with Crippen molar-refractivity contribution in [2.24, 2.45) is 4.99 Å². The normalized spacial score (nSPS) is 27.5. The number of pyridine rings is 1. The molecule has 5 heteroatoms. The average molecular weight is 395 g/mol. The van der Waals surface area contributed by atoms with E-state index in [1.807, 2.05) is 24.0 Å². The summed E-state index contributed by atoms with van der Waals surface area (Å²) in [4.78, 5) is 12.5. The van der Waals surface area contributed by atoms with Crippen molar-refractivity contribution < 1.29 is 0 Å². The van der Waals surface area contributed by atoms with Crippen molar-refractivity contribution in [1.29, 1.82) is 0 Å². The molecule has 2 fully saturated rings. The largest absolute Gasteiger partial charge is 0.346 e. The minimum Gasteiger partial charge on any atom is -0.346 e. The Morgan fingerprint density at radius 2 is 2.00 bits per heavy atom.